The third-order valence-electron chi connectivity index (χ3n) is 2.96. The van der Waals surface area contributed by atoms with Crippen molar-refractivity contribution in [3.8, 4) is 0 Å². The number of carbonyl (C=O) groups excluding carboxylic acids is 1. The molecule has 1 N–H and O–H groups in total. The van der Waals surface area contributed by atoms with Crippen LogP contribution in [0, 0.1) is 5.82 Å². The molecule has 1 amide bonds. The Labute approximate surface area is 128 Å². The maximum Gasteiger partial charge on any atom is 0.221 e. The number of halogens is 1. The molecule has 0 heterocycles. The van der Waals surface area contributed by atoms with Crippen LogP contribution in [0.2, 0.25) is 0 Å². The van der Waals surface area contributed by atoms with Crippen LogP contribution in [-0.2, 0) is 17.1 Å². The monoisotopic (exact) mass is 303 g/mol. The van der Waals surface area contributed by atoms with Crippen molar-refractivity contribution in [1.82, 2.24) is 5.32 Å². The van der Waals surface area contributed by atoms with E-state index in [1.807, 2.05) is 36.4 Å². The lowest BCUT2D eigenvalue weighted by atomic mass is 10.2. The van der Waals surface area contributed by atoms with Gasteiger partial charge in [-0.05, 0) is 23.3 Å². The minimum absolute atomic E-state index is 0.0468. The highest BCUT2D eigenvalue weighted by atomic mass is 32.2. The molecule has 4 heteroatoms. The molecule has 0 aliphatic carbocycles. The first-order valence-electron chi connectivity index (χ1n) is 6.87. The molecule has 0 spiro atoms. The number of nitrogens with one attached hydrogen (secondary N) is 1. The summed E-state index contributed by atoms with van der Waals surface area (Å²) in [6, 6.07) is 16.4. The summed E-state index contributed by atoms with van der Waals surface area (Å²) in [6.07, 6.45) is 0.479. The van der Waals surface area contributed by atoms with E-state index in [0.29, 0.717) is 13.0 Å². The van der Waals surface area contributed by atoms with Gasteiger partial charge in [0, 0.05) is 24.5 Å². The lowest BCUT2D eigenvalue weighted by Crippen LogP contribution is -2.22. The minimum atomic E-state index is -0.214. The SMILES string of the molecule is O=C(CCSCc1cccc(F)c1)NCc1ccccc1. The molecule has 2 rings (SSSR count). The first-order valence-corrected chi connectivity index (χ1v) is 8.02. The second kappa shape index (κ2) is 8.47. The van der Waals surface area contributed by atoms with E-state index in [9.17, 15) is 9.18 Å². The average molecular weight is 303 g/mol. The van der Waals surface area contributed by atoms with E-state index in [1.54, 1.807) is 17.8 Å². The van der Waals surface area contributed by atoms with E-state index in [0.717, 1.165) is 22.6 Å². The van der Waals surface area contributed by atoms with Gasteiger partial charge in [-0.1, -0.05) is 42.5 Å². The summed E-state index contributed by atoms with van der Waals surface area (Å²) in [5.41, 5.74) is 2.04. The van der Waals surface area contributed by atoms with E-state index < -0.39 is 0 Å². The molecule has 2 nitrogen and oxygen atoms in total. The molecule has 0 aromatic heterocycles. The fourth-order valence-electron chi connectivity index (χ4n) is 1.87. The van der Waals surface area contributed by atoms with Crippen molar-refractivity contribution >= 4 is 17.7 Å². The standard InChI is InChI=1S/C17H18FNOS/c18-16-8-4-7-15(11-16)13-21-10-9-17(20)19-12-14-5-2-1-3-6-14/h1-8,11H,9-10,12-13H2,(H,19,20). The van der Waals surface area contributed by atoms with Crippen LogP contribution in [0.1, 0.15) is 17.5 Å². The second-order valence-electron chi connectivity index (χ2n) is 4.69. The van der Waals surface area contributed by atoms with Gasteiger partial charge in [-0.2, -0.15) is 11.8 Å². The van der Waals surface area contributed by atoms with E-state index >= 15 is 0 Å². The van der Waals surface area contributed by atoms with Gasteiger partial charge in [0.05, 0.1) is 0 Å². The predicted octanol–water partition coefficient (Wildman–Crippen LogP) is 3.77. The van der Waals surface area contributed by atoms with Gasteiger partial charge in [0.15, 0.2) is 0 Å². The smallest absolute Gasteiger partial charge is 0.221 e. The molecule has 21 heavy (non-hydrogen) atoms. The molecular weight excluding hydrogens is 285 g/mol. The van der Waals surface area contributed by atoms with Gasteiger partial charge in [-0.3, -0.25) is 4.79 Å². The second-order valence-corrected chi connectivity index (χ2v) is 5.80. The van der Waals surface area contributed by atoms with Crippen LogP contribution in [0.5, 0.6) is 0 Å². The summed E-state index contributed by atoms with van der Waals surface area (Å²) < 4.78 is 13.0. The van der Waals surface area contributed by atoms with E-state index in [2.05, 4.69) is 5.32 Å². The van der Waals surface area contributed by atoms with E-state index in [-0.39, 0.29) is 11.7 Å². The van der Waals surface area contributed by atoms with Crippen molar-refractivity contribution < 1.29 is 9.18 Å². The molecule has 0 atom stereocenters. The number of thioether (sulfide) groups is 1. The average Bonchev–Trinajstić information content (AvgIpc) is 2.51. The molecule has 0 fully saturated rings. The number of hydrogen-bond acceptors (Lipinski definition) is 2. The maximum atomic E-state index is 13.0. The molecule has 110 valence electrons. The van der Waals surface area contributed by atoms with E-state index in [1.165, 1.54) is 12.1 Å². The fraction of sp³-hybridized carbons (Fsp3) is 0.235. The van der Waals surface area contributed by atoms with Gasteiger partial charge >= 0.3 is 0 Å². The van der Waals surface area contributed by atoms with Crippen molar-refractivity contribution in [3.63, 3.8) is 0 Å². The lowest BCUT2D eigenvalue weighted by molar-refractivity contribution is -0.120. The van der Waals surface area contributed by atoms with Crippen molar-refractivity contribution in [2.24, 2.45) is 0 Å². The Morgan fingerprint density at radius 2 is 1.81 bits per heavy atom. The Kier molecular flexibility index (Phi) is 6.28. The summed E-state index contributed by atoms with van der Waals surface area (Å²) in [5, 5.41) is 2.89. The summed E-state index contributed by atoms with van der Waals surface area (Å²) in [5.74, 6) is 1.29. The van der Waals surface area contributed by atoms with Crippen LogP contribution in [0.3, 0.4) is 0 Å². The molecule has 0 bridgehead atoms. The molecule has 0 saturated carbocycles. The number of amides is 1. The number of benzene rings is 2. The van der Waals surface area contributed by atoms with Crippen molar-refractivity contribution in [2.45, 2.75) is 18.7 Å². The van der Waals surface area contributed by atoms with Crippen LogP contribution in [0.4, 0.5) is 4.39 Å². The Hall–Kier alpha value is -1.81. The third kappa shape index (κ3) is 6.00. The molecule has 0 aliphatic rings. The fourth-order valence-corrected chi connectivity index (χ4v) is 2.76. The van der Waals surface area contributed by atoms with Crippen LogP contribution in [0.15, 0.2) is 54.6 Å². The summed E-state index contributed by atoms with van der Waals surface area (Å²) in [4.78, 5) is 11.7. The first-order chi connectivity index (χ1) is 10.2. The van der Waals surface area contributed by atoms with Gasteiger partial charge in [-0.25, -0.2) is 4.39 Å². The van der Waals surface area contributed by atoms with Crippen LogP contribution in [-0.4, -0.2) is 11.7 Å². The van der Waals surface area contributed by atoms with Gasteiger partial charge in [-0.15, -0.1) is 0 Å². The van der Waals surface area contributed by atoms with Gasteiger partial charge in [0.25, 0.3) is 0 Å². The number of hydrogen-bond donors (Lipinski definition) is 1. The predicted molar refractivity (Wildman–Crippen MR) is 85.5 cm³/mol. The van der Waals surface area contributed by atoms with Crippen molar-refractivity contribution in [2.75, 3.05) is 5.75 Å². The Balaban J connectivity index is 1.61. The number of rotatable bonds is 7. The lowest BCUT2D eigenvalue weighted by Gasteiger charge is -2.05. The zero-order valence-electron chi connectivity index (χ0n) is 11.7. The maximum absolute atomic E-state index is 13.0. The van der Waals surface area contributed by atoms with Crippen LogP contribution >= 0.6 is 11.8 Å². The van der Waals surface area contributed by atoms with Gasteiger partial charge < -0.3 is 5.32 Å². The first kappa shape index (κ1) is 15.6. The molecule has 2 aromatic carbocycles. The van der Waals surface area contributed by atoms with Crippen molar-refractivity contribution in [1.29, 1.82) is 0 Å². The Bertz CT molecular complexity index is 574. The molecule has 0 aliphatic heterocycles. The largest absolute Gasteiger partial charge is 0.352 e. The van der Waals surface area contributed by atoms with Crippen LogP contribution in [0.25, 0.3) is 0 Å². The summed E-state index contributed by atoms with van der Waals surface area (Å²) >= 11 is 1.64. The van der Waals surface area contributed by atoms with Gasteiger partial charge in [0.2, 0.25) is 5.91 Å². The zero-order chi connectivity index (χ0) is 14.9. The Morgan fingerprint density at radius 3 is 2.57 bits per heavy atom. The van der Waals surface area contributed by atoms with Crippen molar-refractivity contribution in [3.05, 3.63) is 71.5 Å². The highest BCUT2D eigenvalue weighted by molar-refractivity contribution is 7.98. The minimum Gasteiger partial charge on any atom is -0.352 e. The van der Waals surface area contributed by atoms with Crippen LogP contribution < -0.4 is 5.32 Å². The third-order valence-corrected chi connectivity index (χ3v) is 3.99. The quantitative estimate of drug-likeness (QED) is 0.789. The zero-order valence-corrected chi connectivity index (χ0v) is 12.5. The summed E-state index contributed by atoms with van der Waals surface area (Å²) in [7, 11) is 0. The normalized spacial score (nSPS) is 10.3. The molecule has 0 saturated heterocycles. The topological polar surface area (TPSA) is 29.1 Å². The highest BCUT2D eigenvalue weighted by Crippen LogP contribution is 2.14. The molecule has 2 aromatic rings. The van der Waals surface area contributed by atoms with E-state index in [4.69, 9.17) is 0 Å². The molecule has 0 unspecified atom stereocenters. The Morgan fingerprint density at radius 1 is 1.05 bits per heavy atom. The number of carbonyl (C=O) groups is 1. The highest BCUT2D eigenvalue weighted by Gasteiger charge is 2.02. The molecule has 0 radical (unpaired) electrons. The van der Waals surface area contributed by atoms with Gasteiger partial charge in [0.1, 0.15) is 5.82 Å². The molecular formula is C17H18FNOS. The summed E-state index contributed by atoms with van der Waals surface area (Å²) in [6.45, 7) is 0.564.